The van der Waals surface area contributed by atoms with E-state index in [-0.39, 0.29) is 17.1 Å². The zero-order chi connectivity index (χ0) is 24.6. The molecule has 176 valence electrons. The molecule has 3 N–H and O–H groups in total. The molecule has 4 aromatic rings. The van der Waals surface area contributed by atoms with Crippen LogP contribution in [0.2, 0.25) is 0 Å². The van der Waals surface area contributed by atoms with Crippen molar-refractivity contribution in [3.63, 3.8) is 0 Å². The number of nitrogens with two attached hydrogens (primary N) is 1. The van der Waals surface area contributed by atoms with E-state index in [1.54, 1.807) is 25.4 Å². The Morgan fingerprint density at radius 3 is 2.53 bits per heavy atom. The molecule has 0 fully saturated rings. The maximum Gasteiger partial charge on any atom is 0.255 e. The highest BCUT2D eigenvalue weighted by Crippen LogP contribution is 2.34. The molecule has 0 atom stereocenters. The summed E-state index contributed by atoms with van der Waals surface area (Å²) in [6, 6.07) is 9.03. The number of fused-ring (bicyclic) bond motifs is 1. The van der Waals surface area contributed by atoms with Gasteiger partial charge in [-0.15, -0.1) is 0 Å². The summed E-state index contributed by atoms with van der Waals surface area (Å²) in [7, 11) is 3.64. The third-order valence-corrected chi connectivity index (χ3v) is 6.07. The van der Waals surface area contributed by atoms with Gasteiger partial charge >= 0.3 is 0 Å². The third-order valence-electron chi connectivity index (χ3n) is 6.07. The molecule has 2 heterocycles. The lowest BCUT2D eigenvalue weighted by Crippen LogP contribution is -2.17. The summed E-state index contributed by atoms with van der Waals surface area (Å²) in [5.74, 6) is 0.0107. The maximum atomic E-state index is 15.0. The molecule has 0 amide bonds. The van der Waals surface area contributed by atoms with Crippen LogP contribution in [0.5, 0.6) is 5.75 Å². The summed E-state index contributed by atoms with van der Waals surface area (Å²) >= 11 is 0. The number of ether oxygens (including phenoxy) is 1. The molecule has 4 rings (SSSR count). The van der Waals surface area contributed by atoms with Crippen LogP contribution in [0.25, 0.3) is 33.3 Å². The molecular formula is C26H28FN5O2. The molecule has 0 aliphatic carbocycles. The molecule has 0 saturated carbocycles. The van der Waals surface area contributed by atoms with Gasteiger partial charge in [0.15, 0.2) is 5.82 Å². The minimum Gasteiger partial charge on any atom is -0.496 e. The highest BCUT2D eigenvalue weighted by atomic mass is 19.1. The first-order valence-electron chi connectivity index (χ1n) is 11.0. The summed E-state index contributed by atoms with van der Waals surface area (Å²) < 4.78 is 20.6. The van der Waals surface area contributed by atoms with E-state index in [0.29, 0.717) is 28.8 Å². The Balaban J connectivity index is 1.89. The number of methoxy groups -OCH3 is 1. The van der Waals surface area contributed by atoms with Crippen LogP contribution in [0.3, 0.4) is 0 Å². The van der Waals surface area contributed by atoms with Gasteiger partial charge in [0.1, 0.15) is 17.1 Å². The van der Waals surface area contributed by atoms with Crippen LogP contribution in [-0.2, 0) is 6.54 Å². The summed E-state index contributed by atoms with van der Waals surface area (Å²) in [5.41, 5.74) is 10.3. The molecule has 0 aliphatic rings. The van der Waals surface area contributed by atoms with Crippen molar-refractivity contribution in [3.05, 3.63) is 69.5 Å². The van der Waals surface area contributed by atoms with E-state index in [1.165, 1.54) is 0 Å². The number of H-pyrrole nitrogens is 1. The Morgan fingerprint density at radius 1 is 1.06 bits per heavy atom. The number of aromatic amines is 1. The van der Waals surface area contributed by atoms with Crippen LogP contribution in [0.4, 0.5) is 10.2 Å². The normalized spacial score (nSPS) is 11.4. The number of hydrogen-bond acceptors (Lipinski definition) is 6. The average molecular weight is 462 g/mol. The fourth-order valence-corrected chi connectivity index (χ4v) is 4.16. The van der Waals surface area contributed by atoms with E-state index in [0.717, 1.165) is 34.4 Å². The van der Waals surface area contributed by atoms with Gasteiger partial charge in [-0.25, -0.2) is 4.98 Å². The van der Waals surface area contributed by atoms with E-state index in [1.807, 2.05) is 39.1 Å². The van der Waals surface area contributed by atoms with Crippen molar-refractivity contribution in [1.82, 2.24) is 19.9 Å². The number of rotatable bonds is 6. The van der Waals surface area contributed by atoms with Gasteiger partial charge in [0, 0.05) is 34.8 Å². The lowest BCUT2D eigenvalue weighted by atomic mass is 10.0. The number of anilines is 1. The van der Waals surface area contributed by atoms with E-state index >= 15 is 4.39 Å². The number of pyridine rings is 1. The molecule has 2 aromatic carbocycles. The zero-order valence-corrected chi connectivity index (χ0v) is 20.0. The second kappa shape index (κ2) is 9.23. The molecule has 2 aromatic heterocycles. The number of nitrogen functional groups attached to an aromatic ring is 1. The smallest absolute Gasteiger partial charge is 0.255 e. The fourth-order valence-electron chi connectivity index (χ4n) is 4.16. The zero-order valence-electron chi connectivity index (χ0n) is 20.0. The van der Waals surface area contributed by atoms with Crippen LogP contribution in [0.15, 0.2) is 41.3 Å². The van der Waals surface area contributed by atoms with Gasteiger partial charge in [-0.1, -0.05) is 13.0 Å². The summed E-state index contributed by atoms with van der Waals surface area (Å²) in [6.45, 7) is 7.40. The van der Waals surface area contributed by atoms with Crippen LogP contribution in [0.1, 0.15) is 23.6 Å². The summed E-state index contributed by atoms with van der Waals surface area (Å²) in [6.07, 6.45) is 1.66. The van der Waals surface area contributed by atoms with Crippen molar-refractivity contribution in [3.8, 4) is 28.3 Å². The van der Waals surface area contributed by atoms with Gasteiger partial charge in [0.2, 0.25) is 5.95 Å². The number of halogens is 1. The molecule has 8 heteroatoms. The molecule has 34 heavy (non-hydrogen) atoms. The Labute approximate surface area is 197 Å². The second-order valence-electron chi connectivity index (χ2n) is 8.47. The summed E-state index contributed by atoms with van der Waals surface area (Å²) in [5, 5.41) is 1.34. The van der Waals surface area contributed by atoms with Gasteiger partial charge in [0.05, 0.1) is 7.11 Å². The minimum atomic E-state index is -0.742. The standard InChI is InChI=1S/C26H28FN5O2/c1-6-32(4)13-18-10-17(9-14(2)23(18)34-5)21-24(27)31-25(28)22(30-21)16-7-8-19-20(11-16)15(3)12-29-26(19)33/h7-12H,6,13H2,1-5H3,(H2,28,31)(H,29,33). The first-order valence-corrected chi connectivity index (χ1v) is 11.0. The Bertz CT molecular complexity index is 1450. The number of hydrogen-bond donors (Lipinski definition) is 2. The largest absolute Gasteiger partial charge is 0.496 e. The number of nitrogens with one attached hydrogen (secondary N) is 1. The van der Waals surface area contributed by atoms with Crippen molar-refractivity contribution in [1.29, 1.82) is 0 Å². The highest BCUT2D eigenvalue weighted by molar-refractivity contribution is 5.90. The number of aromatic nitrogens is 3. The fraction of sp³-hybridized carbons (Fsp3) is 0.269. The first kappa shape index (κ1) is 23.4. The Morgan fingerprint density at radius 2 is 1.82 bits per heavy atom. The van der Waals surface area contributed by atoms with Crippen molar-refractivity contribution in [2.45, 2.75) is 27.3 Å². The topological polar surface area (TPSA) is 97.1 Å². The van der Waals surface area contributed by atoms with E-state index in [9.17, 15) is 4.79 Å². The van der Waals surface area contributed by atoms with Gasteiger partial charge in [0.25, 0.3) is 5.56 Å². The van der Waals surface area contributed by atoms with Crippen LogP contribution in [-0.4, -0.2) is 40.6 Å². The molecule has 7 nitrogen and oxygen atoms in total. The Kier molecular flexibility index (Phi) is 6.34. The maximum absolute atomic E-state index is 15.0. The molecule has 0 aliphatic heterocycles. The molecular weight excluding hydrogens is 433 g/mol. The number of benzene rings is 2. The van der Waals surface area contributed by atoms with E-state index in [4.69, 9.17) is 10.5 Å². The predicted molar refractivity (Wildman–Crippen MR) is 133 cm³/mol. The first-order chi connectivity index (χ1) is 16.2. The van der Waals surface area contributed by atoms with Crippen molar-refractivity contribution in [2.24, 2.45) is 0 Å². The summed E-state index contributed by atoms with van der Waals surface area (Å²) in [4.78, 5) is 25.6. The highest BCUT2D eigenvalue weighted by Gasteiger charge is 2.19. The lowest BCUT2D eigenvalue weighted by Gasteiger charge is -2.19. The predicted octanol–water partition coefficient (Wildman–Crippen LogP) is 4.45. The SMILES string of the molecule is CCN(C)Cc1cc(-c2nc(-c3ccc4c(=O)[nH]cc(C)c4c3)c(N)nc2F)cc(C)c1OC. The molecule has 0 bridgehead atoms. The van der Waals surface area contributed by atoms with E-state index < -0.39 is 5.95 Å². The van der Waals surface area contributed by atoms with Crippen LogP contribution < -0.4 is 16.0 Å². The minimum absolute atomic E-state index is 0.0146. The quantitative estimate of drug-likeness (QED) is 0.440. The molecule has 0 radical (unpaired) electrons. The van der Waals surface area contributed by atoms with E-state index in [2.05, 4.69) is 26.8 Å². The van der Waals surface area contributed by atoms with Gasteiger partial charge in [-0.2, -0.15) is 9.37 Å². The van der Waals surface area contributed by atoms with Crippen molar-refractivity contribution >= 4 is 16.6 Å². The monoisotopic (exact) mass is 461 g/mol. The lowest BCUT2D eigenvalue weighted by molar-refractivity contribution is 0.332. The Hall–Kier alpha value is -3.78. The number of nitrogens with zero attached hydrogens (tertiary/aromatic N) is 3. The molecule has 0 saturated heterocycles. The number of aryl methyl sites for hydroxylation is 2. The van der Waals surface area contributed by atoms with Crippen molar-refractivity contribution < 1.29 is 9.13 Å². The molecule has 0 spiro atoms. The van der Waals surface area contributed by atoms with Gasteiger partial charge in [-0.05, 0) is 68.2 Å². The van der Waals surface area contributed by atoms with Crippen LogP contribution >= 0.6 is 0 Å². The molecule has 0 unspecified atom stereocenters. The van der Waals surface area contributed by atoms with Gasteiger partial charge < -0.3 is 20.4 Å². The third kappa shape index (κ3) is 4.24. The van der Waals surface area contributed by atoms with Crippen molar-refractivity contribution in [2.75, 3.05) is 26.4 Å². The van der Waals surface area contributed by atoms with Crippen LogP contribution in [0, 0.1) is 19.8 Å². The van der Waals surface area contributed by atoms with Gasteiger partial charge in [-0.3, -0.25) is 4.79 Å². The average Bonchev–Trinajstić information content (AvgIpc) is 2.81. The second-order valence-corrected chi connectivity index (χ2v) is 8.47.